The Kier molecular flexibility index (Phi) is 3.68. The van der Waals surface area contributed by atoms with Crippen LogP contribution >= 0.6 is 0 Å². The van der Waals surface area contributed by atoms with Gasteiger partial charge < -0.3 is 9.55 Å². The molecule has 0 spiro atoms. The van der Waals surface area contributed by atoms with Gasteiger partial charge in [-0.15, -0.1) is 0 Å². The fraction of sp³-hybridized carbons (Fsp3) is 0.0476. The number of aryl methyl sites for hydroxylation is 1. The third-order valence-corrected chi connectivity index (χ3v) is 4.18. The van der Waals surface area contributed by atoms with Crippen molar-refractivity contribution in [2.75, 3.05) is 0 Å². The predicted octanol–water partition coefficient (Wildman–Crippen LogP) is 4.73. The van der Waals surface area contributed by atoms with Crippen molar-refractivity contribution >= 4 is 22.7 Å². The number of imidazole rings is 1. The highest BCUT2D eigenvalue weighted by Crippen LogP contribution is 2.23. The zero-order valence-corrected chi connectivity index (χ0v) is 13.8. The van der Waals surface area contributed by atoms with Gasteiger partial charge >= 0.3 is 0 Å². The summed E-state index contributed by atoms with van der Waals surface area (Å²) in [5.41, 5.74) is 5.41. The number of aromatic nitrogens is 3. The van der Waals surface area contributed by atoms with Gasteiger partial charge in [0.1, 0.15) is 11.9 Å². The molecule has 0 saturated heterocycles. The molecule has 25 heavy (non-hydrogen) atoms. The van der Waals surface area contributed by atoms with Crippen LogP contribution in [0, 0.1) is 18.3 Å². The first-order chi connectivity index (χ1) is 12.3. The second-order valence-corrected chi connectivity index (χ2v) is 5.84. The van der Waals surface area contributed by atoms with E-state index in [9.17, 15) is 5.26 Å². The van der Waals surface area contributed by atoms with E-state index in [2.05, 4.69) is 39.7 Å². The fourth-order valence-corrected chi connectivity index (χ4v) is 2.98. The molecule has 2 aromatic carbocycles. The largest absolute Gasteiger partial charge is 0.337 e. The van der Waals surface area contributed by atoms with Crippen molar-refractivity contribution in [2.45, 2.75) is 6.92 Å². The van der Waals surface area contributed by atoms with Gasteiger partial charge in [0.15, 0.2) is 0 Å². The summed E-state index contributed by atoms with van der Waals surface area (Å²) in [6, 6.07) is 24.2. The number of hydrogen-bond donors (Lipinski definition) is 1. The second-order valence-electron chi connectivity index (χ2n) is 5.84. The minimum absolute atomic E-state index is 0.506. The minimum atomic E-state index is 0.506. The summed E-state index contributed by atoms with van der Waals surface area (Å²) >= 11 is 0. The summed E-state index contributed by atoms with van der Waals surface area (Å²) < 4.78 is 2.12. The molecule has 0 fully saturated rings. The van der Waals surface area contributed by atoms with Gasteiger partial charge in [0, 0.05) is 17.1 Å². The summed E-state index contributed by atoms with van der Waals surface area (Å²) in [6.45, 7) is 2.05. The first-order valence-corrected chi connectivity index (χ1v) is 8.07. The molecule has 0 amide bonds. The van der Waals surface area contributed by atoms with Gasteiger partial charge in [-0.05, 0) is 49.4 Å². The predicted molar refractivity (Wildman–Crippen MR) is 100 cm³/mol. The molecule has 0 bridgehead atoms. The van der Waals surface area contributed by atoms with Crippen molar-refractivity contribution < 1.29 is 0 Å². The Morgan fingerprint density at radius 1 is 1.04 bits per heavy atom. The molecule has 4 nitrogen and oxygen atoms in total. The normalized spacial score (nSPS) is 11.6. The molecule has 0 unspecified atom stereocenters. The molecule has 0 saturated carbocycles. The summed E-state index contributed by atoms with van der Waals surface area (Å²) in [4.78, 5) is 7.76. The van der Waals surface area contributed by atoms with E-state index in [-0.39, 0.29) is 0 Å². The lowest BCUT2D eigenvalue weighted by Gasteiger charge is -2.09. The Bertz CT molecular complexity index is 1070. The van der Waals surface area contributed by atoms with Gasteiger partial charge in [0.2, 0.25) is 0 Å². The van der Waals surface area contributed by atoms with Crippen LogP contribution in [-0.4, -0.2) is 14.5 Å². The highest BCUT2D eigenvalue weighted by molar-refractivity contribution is 5.90. The van der Waals surface area contributed by atoms with E-state index in [1.165, 1.54) is 0 Å². The number of nitrogens with one attached hydrogen (secondary N) is 1. The molecule has 0 aliphatic rings. The van der Waals surface area contributed by atoms with Crippen molar-refractivity contribution in [1.82, 2.24) is 14.5 Å². The second kappa shape index (κ2) is 6.14. The number of hydrogen-bond acceptors (Lipinski definition) is 2. The van der Waals surface area contributed by atoms with Gasteiger partial charge in [-0.2, -0.15) is 5.26 Å². The molecule has 0 radical (unpaired) electrons. The number of rotatable bonds is 3. The Balaban J connectivity index is 1.83. The number of para-hydroxylation sites is 3. The lowest BCUT2D eigenvalue weighted by atomic mass is 10.2. The van der Waals surface area contributed by atoms with Crippen LogP contribution in [0.4, 0.5) is 0 Å². The third-order valence-electron chi connectivity index (χ3n) is 4.18. The molecule has 0 aliphatic heterocycles. The Morgan fingerprint density at radius 2 is 1.80 bits per heavy atom. The number of allylic oxidation sites excluding steroid dienone is 1. The van der Waals surface area contributed by atoms with Crippen molar-refractivity contribution in [3.05, 3.63) is 83.9 Å². The molecule has 120 valence electrons. The van der Waals surface area contributed by atoms with Gasteiger partial charge in [0.25, 0.3) is 0 Å². The number of nitriles is 1. The smallest absolute Gasteiger partial charge is 0.149 e. The van der Waals surface area contributed by atoms with Crippen molar-refractivity contribution in [3.63, 3.8) is 0 Å². The number of fused-ring (bicyclic) bond motifs is 1. The monoisotopic (exact) mass is 324 g/mol. The summed E-state index contributed by atoms with van der Waals surface area (Å²) in [5.74, 6) is 0.585. The van der Waals surface area contributed by atoms with E-state index in [4.69, 9.17) is 0 Å². The number of benzene rings is 2. The summed E-state index contributed by atoms with van der Waals surface area (Å²) in [5, 5.41) is 9.65. The maximum absolute atomic E-state index is 9.65. The van der Waals surface area contributed by atoms with Crippen LogP contribution < -0.4 is 0 Å². The molecular weight excluding hydrogens is 308 g/mol. The minimum Gasteiger partial charge on any atom is -0.337 e. The lowest BCUT2D eigenvalue weighted by Crippen LogP contribution is -1.99. The first-order valence-electron chi connectivity index (χ1n) is 8.07. The molecule has 4 rings (SSSR count). The van der Waals surface area contributed by atoms with E-state index >= 15 is 0 Å². The van der Waals surface area contributed by atoms with E-state index in [0.717, 1.165) is 28.1 Å². The molecular formula is C21H16N4. The van der Waals surface area contributed by atoms with Crippen molar-refractivity contribution in [1.29, 1.82) is 5.26 Å². The Hall–Kier alpha value is -3.58. The van der Waals surface area contributed by atoms with E-state index < -0.39 is 0 Å². The van der Waals surface area contributed by atoms with E-state index in [0.29, 0.717) is 11.4 Å². The molecule has 4 heteroatoms. The molecule has 2 aromatic heterocycles. The fourth-order valence-electron chi connectivity index (χ4n) is 2.98. The quantitative estimate of drug-likeness (QED) is 0.554. The maximum atomic E-state index is 9.65. The van der Waals surface area contributed by atoms with Crippen LogP contribution in [0.15, 0.2) is 66.7 Å². The van der Waals surface area contributed by atoms with Gasteiger partial charge in [-0.3, -0.25) is 0 Å². The van der Waals surface area contributed by atoms with Crippen LogP contribution in [0.25, 0.3) is 28.4 Å². The zero-order chi connectivity index (χ0) is 17.2. The maximum Gasteiger partial charge on any atom is 0.149 e. The van der Waals surface area contributed by atoms with Crippen LogP contribution in [-0.2, 0) is 0 Å². The molecule has 0 aliphatic carbocycles. The van der Waals surface area contributed by atoms with Crippen molar-refractivity contribution in [3.8, 4) is 11.8 Å². The zero-order valence-electron chi connectivity index (χ0n) is 13.8. The van der Waals surface area contributed by atoms with Gasteiger partial charge in [0.05, 0.1) is 16.6 Å². The molecule has 4 aromatic rings. The Morgan fingerprint density at radius 3 is 2.56 bits per heavy atom. The van der Waals surface area contributed by atoms with E-state index in [1.807, 2.05) is 60.7 Å². The molecule has 2 heterocycles. The molecule has 0 atom stereocenters. The van der Waals surface area contributed by atoms with Crippen LogP contribution in [0.5, 0.6) is 0 Å². The van der Waals surface area contributed by atoms with Crippen LogP contribution in [0.1, 0.15) is 17.2 Å². The standard InChI is InChI=1S/C21H16N4/c1-15-11-12-18(25(15)17-7-3-2-4-8-17)13-16(14-22)21-23-19-9-5-6-10-20(19)24-21/h2-13H,1H3,(H,23,24)/b16-13-. The van der Waals surface area contributed by atoms with Crippen LogP contribution in [0.2, 0.25) is 0 Å². The highest BCUT2D eigenvalue weighted by Gasteiger charge is 2.11. The van der Waals surface area contributed by atoms with Gasteiger partial charge in [-0.25, -0.2) is 4.98 Å². The number of H-pyrrole nitrogens is 1. The van der Waals surface area contributed by atoms with Crippen molar-refractivity contribution in [2.24, 2.45) is 0 Å². The average molecular weight is 324 g/mol. The first kappa shape index (κ1) is 15.0. The number of nitrogens with zero attached hydrogens (tertiary/aromatic N) is 3. The topological polar surface area (TPSA) is 57.4 Å². The van der Waals surface area contributed by atoms with E-state index in [1.54, 1.807) is 0 Å². The molecule has 1 N–H and O–H groups in total. The Labute approximate surface area is 145 Å². The van der Waals surface area contributed by atoms with Gasteiger partial charge in [-0.1, -0.05) is 30.3 Å². The number of aromatic amines is 1. The highest BCUT2D eigenvalue weighted by atomic mass is 15.0. The lowest BCUT2D eigenvalue weighted by molar-refractivity contribution is 1.00. The average Bonchev–Trinajstić information content (AvgIpc) is 3.23. The van der Waals surface area contributed by atoms with Crippen LogP contribution in [0.3, 0.4) is 0 Å². The summed E-state index contributed by atoms with van der Waals surface area (Å²) in [7, 11) is 0. The summed E-state index contributed by atoms with van der Waals surface area (Å²) in [6.07, 6.45) is 1.87. The third kappa shape index (κ3) is 2.73. The SMILES string of the molecule is Cc1ccc(/C=C(/C#N)c2nc3ccccc3[nH]2)n1-c1ccccc1.